The van der Waals surface area contributed by atoms with Crippen LogP contribution in [0.4, 0.5) is 11.6 Å². The fourth-order valence-corrected chi connectivity index (χ4v) is 4.26. The molecule has 4 aromatic rings. The number of aromatic nitrogens is 5. The van der Waals surface area contributed by atoms with E-state index in [2.05, 4.69) is 45.4 Å². The lowest BCUT2D eigenvalue weighted by Crippen LogP contribution is -2.28. The summed E-state index contributed by atoms with van der Waals surface area (Å²) in [6.07, 6.45) is 8.78. The van der Waals surface area contributed by atoms with E-state index < -0.39 is 0 Å². The van der Waals surface area contributed by atoms with Gasteiger partial charge in [-0.2, -0.15) is 10.2 Å². The van der Waals surface area contributed by atoms with Crippen molar-refractivity contribution >= 4 is 22.9 Å². The normalized spacial score (nSPS) is 14.1. The number of pyridine rings is 1. The molecule has 0 spiro atoms. The number of nitrogens with zero attached hydrogens (tertiary/aromatic N) is 7. The Hall–Kier alpha value is -4.16. The van der Waals surface area contributed by atoms with E-state index in [0.29, 0.717) is 12.5 Å². The SMILES string of the molecule is COc1cc(Nc2nc3c(C4=CCN(CC#N)CC4)cc(C)cn3n2)ccc1-n1cnc(C)c1. The van der Waals surface area contributed by atoms with Crippen molar-refractivity contribution in [1.82, 2.24) is 29.0 Å². The molecule has 0 fully saturated rings. The van der Waals surface area contributed by atoms with Gasteiger partial charge in [-0.1, -0.05) is 6.08 Å². The van der Waals surface area contributed by atoms with E-state index in [9.17, 15) is 0 Å². The number of imidazole rings is 1. The lowest BCUT2D eigenvalue weighted by atomic mass is 9.99. The standard InChI is InChI=1S/C25H26N8O/c1-17-12-21(19-6-9-31(10-7-19)11-8-26)24-29-25(30-33(24)14-17)28-20-4-5-22(23(13-20)34-3)32-15-18(2)27-16-32/h4-6,12-16H,7,9-11H2,1-3H3,(H,28,30). The Kier molecular flexibility index (Phi) is 5.74. The smallest absolute Gasteiger partial charge is 0.247 e. The van der Waals surface area contributed by atoms with Crippen molar-refractivity contribution in [2.24, 2.45) is 0 Å². The second kappa shape index (κ2) is 9.00. The van der Waals surface area contributed by atoms with Gasteiger partial charge in [-0.25, -0.2) is 9.50 Å². The largest absolute Gasteiger partial charge is 0.494 e. The minimum atomic E-state index is 0.453. The zero-order chi connectivity index (χ0) is 23.7. The van der Waals surface area contributed by atoms with Crippen molar-refractivity contribution in [3.63, 3.8) is 0 Å². The van der Waals surface area contributed by atoms with Crippen LogP contribution in [0, 0.1) is 25.2 Å². The maximum absolute atomic E-state index is 8.96. The number of benzene rings is 1. The predicted molar refractivity (Wildman–Crippen MR) is 131 cm³/mol. The van der Waals surface area contributed by atoms with Crippen molar-refractivity contribution in [3.8, 4) is 17.5 Å². The molecule has 9 nitrogen and oxygen atoms in total. The molecule has 172 valence electrons. The number of aryl methyl sites for hydroxylation is 2. The van der Waals surface area contributed by atoms with Crippen LogP contribution in [-0.2, 0) is 0 Å². The quantitative estimate of drug-likeness (QED) is 0.442. The van der Waals surface area contributed by atoms with Crippen LogP contribution in [0.1, 0.15) is 23.2 Å². The second-order valence-electron chi connectivity index (χ2n) is 8.44. The molecule has 34 heavy (non-hydrogen) atoms. The monoisotopic (exact) mass is 454 g/mol. The lowest BCUT2D eigenvalue weighted by molar-refractivity contribution is 0.338. The van der Waals surface area contributed by atoms with Gasteiger partial charge in [0.25, 0.3) is 0 Å². The first-order chi connectivity index (χ1) is 16.5. The number of hydrogen-bond acceptors (Lipinski definition) is 7. The summed E-state index contributed by atoms with van der Waals surface area (Å²) in [7, 11) is 1.65. The van der Waals surface area contributed by atoms with E-state index in [1.165, 1.54) is 5.57 Å². The molecule has 3 aromatic heterocycles. The fourth-order valence-electron chi connectivity index (χ4n) is 4.26. The van der Waals surface area contributed by atoms with Crippen molar-refractivity contribution in [2.75, 3.05) is 32.1 Å². The fraction of sp³-hybridized carbons (Fsp3) is 0.280. The molecule has 0 radical (unpaired) electrons. The molecular weight excluding hydrogens is 428 g/mol. The highest BCUT2D eigenvalue weighted by Crippen LogP contribution is 2.30. The number of methoxy groups -OCH3 is 1. The van der Waals surface area contributed by atoms with E-state index >= 15 is 0 Å². The summed E-state index contributed by atoms with van der Waals surface area (Å²) < 4.78 is 9.39. The Labute approximate surface area is 197 Å². The molecule has 9 heteroatoms. The van der Waals surface area contributed by atoms with Crippen molar-refractivity contribution < 1.29 is 4.74 Å². The lowest BCUT2D eigenvalue weighted by Gasteiger charge is -2.24. The van der Waals surface area contributed by atoms with E-state index in [1.54, 1.807) is 13.4 Å². The maximum atomic E-state index is 8.96. The molecule has 4 heterocycles. The molecule has 0 unspecified atom stereocenters. The van der Waals surface area contributed by atoms with Gasteiger partial charge in [0.1, 0.15) is 5.75 Å². The second-order valence-corrected chi connectivity index (χ2v) is 8.44. The summed E-state index contributed by atoms with van der Waals surface area (Å²) in [5, 5.41) is 16.9. The predicted octanol–water partition coefficient (Wildman–Crippen LogP) is 3.90. The first-order valence-electron chi connectivity index (χ1n) is 11.2. The van der Waals surface area contributed by atoms with Crippen LogP contribution in [-0.4, -0.2) is 55.8 Å². The first-order valence-corrected chi connectivity index (χ1v) is 11.2. The summed E-state index contributed by atoms with van der Waals surface area (Å²) in [5.41, 5.74) is 6.92. The maximum Gasteiger partial charge on any atom is 0.247 e. The summed E-state index contributed by atoms with van der Waals surface area (Å²) in [5.74, 6) is 1.24. The van der Waals surface area contributed by atoms with E-state index in [1.807, 2.05) is 46.6 Å². The van der Waals surface area contributed by atoms with Crippen LogP contribution in [0.2, 0.25) is 0 Å². The Balaban J connectivity index is 1.44. The number of fused-ring (bicyclic) bond motifs is 1. The Morgan fingerprint density at radius 1 is 1.21 bits per heavy atom. The van der Waals surface area contributed by atoms with E-state index in [4.69, 9.17) is 15.0 Å². The molecular formula is C25H26N8O. The Bertz CT molecular complexity index is 1420. The molecule has 1 aliphatic heterocycles. The molecule has 0 atom stereocenters. The molecule has 0 bridgehead atoms. The highest BCUT2D eigenvalue weighted by Gasteiger charge is 2.18. The van der Waals surface area contributed by atoms with Crippen LogP contribution in [0.5, 0.6) is 5.75 Å². The van der Waals surface area contributed by atoms with Gasteiger partial charge in [0.2, 0.25) is 5.95 Å². The Morgan fingerprint density at radius 2 is 2.09 bits per heavy atom. The van der Waals surface area contributed by atoms with Gasteiger partial charge >= 0.3 is 0 Å². The summed E-state index contributed by atoms with van der Waals surface area (Å²) >= 11 is 0. The highest BCUT2D eigenvalue weighted by molar-refractivity contribution is 5.78. The van der Waals surface area contributed by atoms with E-state index in [-0.39, 0.29) is 0 Å². The molecule has 0 amide bonds. The summed E-state index contributed by atoms with van der Waals surface area (Å²) in [6.45, 7) is 6.10. The van der Waals surface area contributed by atoms with Gasteiger partial charge in [-0.05, 0) is 49.6 Å². The molecule has 1 aliphatic rings. The number of hydrogen-bond donors (Lipinski definition) is 1. The Morgan fingerprint density at radius 3 is 2.79 bits per heavy atom. The van der Waals surface area contributed by atoms with Crippen molar-refractivity contribution in [2.45, 2.75) is 20.3 Å². The zero-order valence-electron chi connectivity index (χ0n) is 19.5. The summed E-state index contributed by atoms with van der Waals surface area (Å²) in [6, 6.07) is 10.3. The van der Waals surface area contributed by atoms with Gasteiger partial charge < -0.3 is 14.6 Å². The molecule has 1 N–H and O–H groups in total. The number of nitrogens with one attached hydrogen (secondary N) is 1. The average Bonchev–Trinajstić information content (AvgIpc) is 3.44. The minimum Gasteiger partial charge on any atom is -0.494 e. The number of nitriles is 1. The minimum absolute atomic E-state index is 0.453. The van der Waals surface area contributed by atoms with Crippen LogP contribution in [0.3, 0.4) is 0 Å². The van der Waals surface area contributed by atoms with Crippen molar-refractivity contribution in [1.29, 1.82) is 5.26 Å². The highest BCUT2D eigenvalue weighted by atomic mass is 16.5. The molecule has 0 saturated carbocycles. The van der Waals surface area contributed by atoms with Crippen LogP contribution in [0.15, 0.2) is 49.1 Å². The third-order valence-electron chi connectivity index (χ3n) is 5.93. The van der Waals surface area contributed by atoms with Crippen molar-refractivity contribution in [3.05, 3.63) is 65.9 Å². The van der Waals surface area contributed by atoms with Gasteiger partial charge in [0.05, 0.1) is 37.4 Å². The van der Waals surface area contributed by atoms with Crippen LogP contribution < -0.4 is 10.1 Å². The third kappa shape index (κ3) is 4.23. The van der Waals surface area contributed by atoms with E-state index in [0.717, 1.165) is 59.1 Å². The van der Waals surface area contributed by atoms with Gasteiger partial charge in [-0.15, -0.1) is 5.10 Å². The molecule has 5 rings (SSSR count). The van der Waals surface area contributed by atoms with Crippen LogP contribution >= 0.6 is 0 Å². The molecule has 0 saturated heterocycles. The van der Waals surface area contributed by atoms with Crippen LogP contribution in [0.25, 0.3) is 16.9 Å². The van der Waals surface area contributed by atoms with Gasteiger partial charge in [0.15, 0.2) is 5.65 Å². The molecule has 0 aliphatic carbocycles. The number of ether oxygens (including phenoxy) is 1. The zero-order valence-corrected chi connectivity index (χ0v) is 19.5. The number of anilines is 2. The number of rotatable bonds is 6. The third-order valence-corrected chi connectivity index (χ3v) is 5.93. The average molecular weight is 455 g/mol. The molecule has 1 aromatic carbocycles. The van der Waals surface area contributed by atoms with Gasteiger partial charge in [0, 0.05) is 42.8 Å². The first kappa shape index (κ1) is 21.7. The van der Waals surface area contributed by atoms with Gasteiger partial charge in [-0.3, -0.25) is 4.90 Å². The summed E-state index contributed by atoms with van der Waals surface area (Å²) in [4.78, 5) is 11.2. The topological polar surface area (TPSA) is 96.3 Å².